The smallest absolute Gasteiger partial charge is 0.270 e. The molecule has 0 spiro atoms. The highest BCUT2D eigenvalue weighted by Gasteiger charge is 2.14. The Morgan fingerprint density at radius 2 is 1.81 bits per heavy atom. The fourth-order valence-corrected chi connectivity index (χ4v) is 3.88. The maximum absolute atomic E-state index is 12.5. The molecule has 1 aliphatic heterocycles. The zero-order chi connectivity index (χ0) is 21.8. The van der Waals surface area contributed by atoms with Crippen LogP contribution in [0.3, 0.4) is 0 Å². The summed E-state index contributed by atoms with van der Waals surface area (Å²) in [6, 6.07) is 15.5. The summed E-state index contributed by atoms with van der Waals surface area (Å²) >= 11 is 3.34. The number of ketones is 1. The second-order valence-corrected chi connectivity index (χ2v) is 7.82. The topological polar surface area (TPSA) is 85.8 Å². The van der Waals surface area contributed by atoms with Crippen LogP contribution in [-0.4, -0.2) is 37.0 Å². The van der Waals surface area contributed by atoms with Crippen LogP contribution in [0, 0.1) is 10.1 Å². The standard InChI is InChI=1S/C23H19BrN2O5/c24-21-15-18(26(28)29)5-8-20(21)23-10-7-19(31-23)6-9-22(27)16-1-3-17(4-2-16)25-11-13-30-14-12-25/h1-10,15H,11-14H2. The van der Waals surface area contributed by atoms with Crippen molar-refractivity contribution in [3.63, 3.8) is 0 Å². The van der Waals surface area contributed by atoms with Crippen LogP contribution in [-0.2, 0) is 4.74 Å². The number of nitrogens with zero attached hydrogens (tertiary/aromatic N) is 2. The van der Waals surface area contributed by atoms with Gasteiger partial charge in [-0.3, -0.25) is 14.9 Å². The molecule has 158 valence electrons. The predicted octanol–water partition coefficient (Wildman–Crippen LogP) is 5.35. The molecule has 0 amide bonds. The van der Waals surface area contributed by atoms with Gasteiger partial charge in [-0.05, 0) is 70.5 Å². The lowest BCUT2D eigenvalue weighted by Crippen LogP contribution is -2.36. The maximum Gasteiger partial charge on any atom is 0.270 e. The van der Waals surface area contributed by atoms with Gasteiger partial charge in [-0.25, -0.2) is 0 Å². The van der Waals surface area contributed by atoms with Crippen molar-refractivity contribution >= 4 is 39.2 Å². The third kappa shape index (κ3) is 4.92. The van der Waals surface area contributed by atoms with Gasteiger partial charge < -0.3 is 14.1 Å². The van der Waals surface area contributed by atoms with Crippen LogP contribution in [0.4, 0.5) is 11.4 Å². The van der Waals surface area contributed by atoms with Crippen molar-refractivity contribution < 1.29 is 18.9 Å². The third-order valence-electron chi connectivity index (χ3n) is 4.98. The molecule has 0 saturated carbocycles. The molecule has 1 aromatic heterocycles. The predicted molar refractivity (Wildman–Crippen MR) is 121 cm³/mol. The first kappa shape index (κ1) is 21.0. The first-order chi connectivity index (χ1) is 15.0. The highest BCUT2D eigenvalue weighted by molar-refractivity contribution is 9.10. The van der Waals surface area contributed by atoms with E-state index >= 15 is 0 Å². The summed E-state index contributed by atoms with van der Waals surface area (Å²) in [4.78, 5) is 25.2. The molecule has 3 aromatic rings. The fraction of sp³-hybridized carbons (Fsp3) is 0.174. The summed E-state index contributed by atoms with van der Waals surface area (Å²) < 4.78 is 11.7. The van der Waals surface area contributed by atoms with Crippen molar-refractivity contribution in [3.8, 4) is 11.3 Å². The molecule has 0 aliphatic carbocycles. The number of nitro benzene ring substituents is 1. The minimum atomic E-state index is -0.454. The van der Waals surface area contributed by atoms with Crippen LogP contribution < -0.4 is 4.90 Å². The van der Waals surface area contributed by atoms with Crippen LogP contribution in [0.25, 0.3) is 17.4 Å². The molecule has 0 bridgehead atoms. The molecule has 2 aromatic carbocycles. The Hall–Kier alpha value is -3.23. The van der Waals surface area contributed by atoms with Crippen LogP contribution in [0.5, 0.6) is 0 Å². The number of non-ortho nitro benzene ring substituents is 1. The Bertz CT molecular complexity index is 1130. The van der Waals surface area contributed by atoms with Crippen molar-refractivity contribution in [2.45, 2.75) is 0 Å². The number of ether oxygens (including phenoxy) is 1. The van der Waals surface area contributed by atoms with E-state index in [2.05, 4.69) is 20.8 Å². The molecule has 4 rings (SSSR count). The molecule has 31 heavy (non-hydrogen) atoms. The average Bonchev–Trinajstić information content (AvgIpc) is 3.27. The Morgan fingerprint density at radius 1 is 1.06 bits per heavy atom. The van der Waals surface area contributed by atoms with Crippen molar-refractivity contribution in [2.75, 3.05) is 31.2 Å². The molecule has 2 heterocycles. The van der Waals surface area contributed by atoms with Crippen molar-refractivity contribution in [1.82, 2.24) is 0 Å². The summed E-state index contributed by atoms with van der Waals surface area (Å²) in [5.41, 5.74) is 2.36. The molecule has 0 N–H and O–H groups in total. The molecule has 0 unspecified atom stereocenters. The molecular formula is C23H19BrN2O5. The number of anilines is 1. The van der Waals surface area contributed by atoms with Crippen LogP contribution in [0.1, 0.15) is 16.1 Å². The van der Waals surface area contributed by atoms with E-state index in [-0.39, 0.29) is 11.5 Å². The van der Waals surface area contributed by atoms with E-state index in [1.165, 1.54) is 18.2 Å². The van der Waals surface area contributed by atoms with Gasteiger partial charge in [0.25, 0.3) is 5.69 Å². The Morgan fingerprint density at radius 3 is 2.48 bits per heavy atom. The average molecular weight is 483 g/mol. The van der Waals surface area contributed by atoms with E-state index in [1.807, 2.05) is 24.3 Å². The minimum absolute atomic E-state index is 0.00691. The van der Waals surface area contributed by atoms with Crippen LogP contribution >= 0.6 is 15.9 Å². The fourth-order valence-electron chi connectivity index (χ4n) is 3.32. The monoisotopic (exact) mass is 482 g/mol. The Labute approximate surface area is 187 Å². The Balaban J connectivity index is 1.44. The quantitative estimate of drug-likeness (QED) is 0.203. The highest BCUT2D eigenvalue weighted by Crippen LogP contribution is 2.32. The molecule has 0 atom stereocenters. The van der Waals surface area contributed by atoms with Gasteiger partial charge in [-0.2, -0.15) is 0 Å². The van der Waals surface area contributed by atoms with Gasteiger partial charge in [-0.15, -0.1) is 0 Å². The number of nitro groups is 1. The van der Waals surface area contributed by atoms with Crippen molar-refractivity contribution in [3.05, 3.63) is 86.6 Å². The second kappa shape index (κ2) is 9.28. The van der Waals surface area contributed by atoms with Gasteiger partial charge in [0.15, 0.2) is 5.78 Å². The largest absolute Gasteiger partial charge is 0.457 e. The number of furan rings is 1. The number of hydrogen-bond acceptors (Lipinski definition) is 6. The highest BCUT2D eigenvalue weighted by atomic mass is 79.9. The van der Waals surface area contributed by atoms with E-state index in [1.54, 1.807) is 24.3 Å². The number of hydrogen-bond donors (Lipinski definition) is 0. The van der Waals surface area contributed by atoms with E-state index in [4.69, 9.17) is 9.15 Å². The molecule has 8 heteroatoms. The van der Waals surface area contributed by atoms with Crippen LogP contribution in [0.15, 0.2) is 69.6 Å². The van der Waals surface area contributed by atoms with Crippen LogP contribution in [0.2, 0.25) is 0 Å². The number of carbonyl (C=O) groups excluding carboxylic acids is 1. The van der Waals surface area contributed by atoms with E-state index < -0.39 is 4.92 Å². The van der Waals surface area contributed by atoms with E-state index in [0.29, 0.717) is 40.3 Å². The number of carbonyl (C=O) groups is 1. The zero-order valence-electron chi connectivity index (χ0n) is 16.5. The summed E-state index contributed by atoms with van der Waals surface area (Å²) in [6.45, 7) is 3.12. The number of morpholine rings is 1. The molecule has 0 radical (unpaired) electrons. The third-order valence-corrected chi connectivity index (χ3v) is 5.64. The lowest BCUT2D eigenvalue weighted by molar-refractivity contribution is -0.384. The van der Waals surface area contributed by atoms with Gasteiger partial charge in [0.05, 0.1) is 18.1 Å². The SMILES string of the molecule is O=C(C=Cc1ccc(-c2ccc([N+](=O)[O-])cc2Br)o1)c1ccc(N2CCOCC2)cc1. The lowest BCUT2D eigenvalue weighted by Gasteiger charge is -2.28. The van der Waals surface area contributed by atoms with Gasteiger partial charge in [-0.1, -0.05) is 0 Å². The maximum atomic E-state index is 12.5. The first-order valence-electron chi connectivity index (χ1n) is 9.70. The van der Waals surface area contributed by atoms with Crippen molar-refractivity contribution in [1.29, 1.82) is 0 Å². The number of allylic oxidation sites excluding steroid dienone is 1. The molecular weight excluding hydrogens is 464 g/mol. The van der Waals surface area contributed by atoms with Crippen molar-refractivity contribution in [2.24, 2.45) is 0 Å². The van der Waals surface area contributed by atoms with E-state index in [0.717, 1.165) is 18.8 Å². The first-order valence-corrected chi connectivity index (χ1v) is 10.5. The Kier molecular flexibility index (Phi) is 6.29. The summed E-state index contributed by atoms with van der Waals surface area (Å²) in [6.07, 6.45) is 3.08. The summed E-state index contributed by atoms with van der Waals surface area (Å²) in [7, 11) is 0. The number of benzene rings is 2. The number of halogens is 1. The number of rotatable bonds is 6. The molecule has 7 nitrogen and oxygen atoms in total. The molecule has 1 fully saturated rings. The molecule has 1 saturated heterocycles. The molecule has 1 aliphatic rings. The second-order valence-electron chi connectivity index (χ2n) is 6.97. The normalized spacial score (nSPS) is 14.2. The summed E-state index contributed by atoms with van der Waals surface area (Å²) in [5.74, 6) is 0.935. The van der Waals surface area contributed by atoms with Gasteiger partial charge >= 0.3 is 0 Å². The minimum Gasteiger partial charge on any atom is -0.457 e. The van der Waals surface area contributed by atoms with Gasteiger partial charge in [0.2, 0.25) is 0 Å². The zero-order valence-corrected chi connectivity index (χ0v) is 18.1. The van der Waals surface area contributed by atoms with E-state index in [9.17, 15) is 14.9 Å². The summed E-state index contributed by atoms with van der Waals surface area (Å²) in [5, 5.41) is 10.9. The van der Waals surface area contributed by atoms with Gasteiger partial charge in [0.1, 0.15) is 11.5 Å². The lowest BCUT2D eigenvalue weighted by atomic mass is 10.1. The van der Waals surface area contributed by atoms with Gasteiger partial charge in [0, 0.05) is 46.5 Å².